The Morgan fingerprint density at radius 2 is 1.95 bits per heavy atom. The minimum atomic E-state index is -0.248. The SMILES string of the molecule is C/C=C(/C(=O)NC(C)c1ccnc(SCCC(=O)OC)c1)c1cnn(-c2ccc(C)cc2)c1/C=C(\C)CC. The van der Waals surface area contributed by atoms with Gasteiger partial charge in [-0.15, -0.1) is 11.8 Å². The number of rotatable bonds is 11. The summed E-state index contributed by atoms with van der Waals surface area (Å²) < 4.78 is 6.58. The molecule has 0 spiro atoms. The largest absolute Gasteiger partial charge is 0.469 e. The van der Waals surface area contributed by atoms with E-state index in [0.717, 1.165) is 34.0 Å². The smallest absolute Gasteiger partial charge is 0.306 e. The number of aromatic nitrogens is 3. The van der Waals surface area contributed by atoms with Gasteiger partial charge in [0.25, 0.3) is 5.91 Å². The summed E-state index contributed by atoms with van der Waals surface area (Å²) in [4.78, 5) is 29.3. The molecule has 38 heavy (non-hydrogen) atoms. The standard InChI is InChI=1S/C30H36N4O3S/c1-7-20(3)17-27-26(19-32-34(27)24-11-9-21(4)10-12-24)25(8-2)30(36)33-22(5)23-13-15-31-28(18-23)38-16-14-29(35)37-6/h8-13,15,17-19,22H,7,14,16H2,1-6H3,(H,33,36)/b20-17+,25-8+. The van der Waals surface area contributed by atoms with Crippen LogP contribution < -0.4 is 5.32 Å². The molecular weight excluding hydrogens is 496 g/mol. The number of benzene rings is 1. The normalized spacial score (nSPS) is 12.8. The molecule has 0 aliphatic rings. The van der Waals surface area contributed by atoms with Crippen molar-refractivity contribution in [1.29, 1.82) is 0 Å². The first-order valence-electron chi connectivity index (χ1n) is 12.7. The maximum absolute atomic E-state index is 13.5. The zero-order valence-corrected chi connectivity index (χ0v) is 23.8. The number of allylic oxidation sites excluding steroid dienone is 2. The van der Waals surface area contributed by atoms with Gasteiger partial charge in [0, 0.05) is 23.1 Å². The molecule has 0 aliphatic heterocycles. The fraction of sp³-hybridized carbons (Fsp3) is 0.333. The van der Waals surface area contributed by atoms with Crippen molar-refractivity contribution < 1.29 is 14.3 Å². The van der Waals surface area contributed by atoms with Crippen LogP contribution in [0.5, 0.6) is 0 Å². The van der Waals surface area contributed by atoms with E-state index >= 15 is 0 Å². The number of pyridine rings is 1. The Morgan fingerprint density at radius 3 is 2.61 bits per heavy atom. The summed E-state index contributed by atoms with van der Waals surface area (Å²) in [6.45, 7) is 10.1. The number of hydrogen-bond acceptors (Lipinski definition) is 6. The summed E-state index contributed by atoms with van der Waals surface area (Å²) >= 11 is 1.48. The maximum Gasteiger partial charge on any atom is 0.306 e. The number of ether oxygens (including phenoxy) is 1. The molecule has 1 N–H and O–H groups in total. The van der Waals surface area contributed by atoms with Gasteiger partial charge in [-0.3, -0.25) is 9.59 Å². The highest BCUT2D eigenvalue weighted by atomic mass is 32.2. The molecule has 2 aromatic heterocycles. The van der Waals surface area contributed by atoms with Gasteiger partial charge >= 0.3 is 5.97 Å². The minimum Gasteiger partial charge on any atom is -0.469 e. The Hall–Kier alpha value is -3.65. The van der Waals surface area contributed by atoms with Gasteiger partial charge in [-0.2, -0.15) is 5.10 Å². The molecule has 0 bridgehead atoms. The van der Waals surface area contributed by atoms with Crippen LogP contribution in [0.1, 0.15) is 69.0 Å². The van der Waals surface area contributed by atoms with Crippen LogP contribution in [0.4, 0.5) is 0 Å². The van der Waals surface area contributed by atoms with Crippen molar-refractivity contribution in [3.63, 3.8) is 0 Å². The molecule has 0 saturated heterocycles. The van der Waals surface area contributed by atoms with Gasteiger partial charge in [0.2, 0.25) is 0 Å². The van der Waals surface area contributed by atoms with Crippen molar-refractivity contribution in [2.75, 3.05) is 12.9 Å². The number of carbonyl (C=O) groups excluding carboxylic acids is 2. The topological polar surface area (TPSA) is 86.1 Å². The van der Waals surface area contributed by atoms with Crippen LogP contribution in [0.25, 0.3) is 17.3 Å². The first kappa shape index (κ1) is 28.9. The lowest BCUT2D eigenvalue weighted by Crippen LogP contribution is -2.27. The molecule has 0 radical (unpaired) electrons. The van der Waals surface area contributed by atoms with Gasteiger partial charge in [0.1, 0.15) is 0 Å². The molecule has 2 heterocycles. The van der Waals surface area contributed by atoms with Gasteiger partial charge < -0.3 is 10.1 Å². The quantitative estimate of drug-likeness (QED) is 0.177. The van der Waals surface area contributed by atoms with Crippen LogP contribution in [0.15, 0.2) is 65.5 Å². The number of amides is 1. The number of carbonyl (C=O) groups is 2. The summed E-state index contributed by atoms with van der Waals surface area (Å²) in [7, 11) is 1.38. The molecule has 8 heteroatoms. The van der Waals surface area contributed by atoms with E-state index in [2.05, 4.69) is 54.4 Å². The van der Waals surface area contributed by atoms with Crippen LogP contribution in [0, 0.1) is 6.92 Å². The molecule has 1 amide bonds. The van der Waals surface area contributed by atoms with E-state index in [1.807, 2.05) is 48.9 Å². The van der Waals surface area contributed by atoms with E-state index in [1.165, 1.54) is 30.0 Å². The average Bonchev–Trinajstić information content (AvgIpc) is 3.32. The van der Waals surface area contributed by atoms with Gasteiger partial charge in [-0.1, -0.05) is 36.3 Å². The third-order valence-corrected chi connectivity index (χ3v) is 7.17. The van der Waals surface area contributed by atoms with E-state index in [4.69, 9.17) is 4.74 Å². The third kappa shape index (κ3) is 7.44. The van der Waals surface area contributed by atoms with Crippen molar-refractivity contribution in [2.45, 2.75) is 58.5 Å². The Labute approximate surface area is 229 Å². The number of methoxy groups -OCH3 is 1. The summed E-state index contributed by atoms with van der Waals surface area (Å²) in [6, 6.07) is 11.8. The number of thioether (sulfide) groups is 1. The van der Waals surface area contributed by atoms with Crippen LogP contribution >= 0.6 is 11.8 Å². The molecule has 0 fully saturated rings. The van der Waals surface area contributed by atoms with Gasteiger partial charge in [0.15, 0.2) is 0 Å². The summed E-state index contributed by atoms with van der Waals surface area (Å²) in [5.41, 5.74) is 6.45. The first-order valence-corrected chi connectivity index (χ1v) is 13.7. The van der Waals surface area contributed by atoms with Gasteiger partial charge in [-0.05, 0) is 70.0 Å². The molecule has 200 valence electrons. The number of esters is 1. The summed E-state index contributed by atoms with van der Waals surface area (Å²) in [5.74, 6) is 0.150. The highest BCUT2D eigenvalue weighted by Gasteiger charge is 2.21. The van der Waals surface area contributed by atoms with Crippen LogP contribution in [0.3, 0.4) is 0 Å². The molecule has 1 atom stereocenters. The lowest BCUT2D eigenvalue weighted by atomic mass is 10.0. The molecular formula is C30H36N4O3S. The van der Waals surface area contributed by atoms with E-state index < -0.39 is 0 Å². The lowest BCUT2D eigenvalue weighted by Gasteiger charge is -2.17. The summed E-state index contributed by atoms with van der Waals surface area (Å²) in [6.07, 6.45) is 8.62. The van der Waals surface area contributed by atoms with Crippen LogP contribution in [0.2, 0.25) is 0 Å². The van der Waals surface area contributed by atoms with E-state index in [1.54, 1.807) is 12.4 Å². The highest BCUT2D eigenvalue weighted by Crippen LogP contribution is 2.27. The van der Waals surface area contributed by atoms with Crippen molar-refractivity contribution in [3.8, 4) is 5.69 Å². The molecule has 7 nitrogen and oxygen atoms in total. The van der Waals surface area contributed by atoms with Crippen molar-refractivity contribution in [3.05, 3.63) is 82.8 Å². The number of hydrogen-bond donors (Lipinski definition) is 1. The third-order valence-electron chi connectivity index (χ3n) is 6.24. The Kier molecular flexibility index (Phi) is 10.5. The van der Waals surface area contributed by atoms with Crippen molar-refractivity contribution >= 4 is 35.3 Å². The fourth-order valence-electron chi connectivity index (χ4n) is 3.81. The Morgan fingerprint density at radius 1 is 1.21 bits per heavy atom. The van der Waals surface area contributed by atoms with Gasteiger partial charge in [0.05, 0.1) is 42.2 Å². The predicted molar refractivity (Wildman–Crippen MR) is 154 cm³/mol. The molecule has 3 rings (SSSR count). The Balaban J connectivity index is 1.83. The van der Waals surface area contributed by atoms with E-state index in [9.17, 15) is 9.59 Å². The minimum absolute atomic E-state index is 0.177. The van der Waals surface area contributed by atoms with Crippen molar-refractivity contribution in [1.82, 2.24) is 20.1 Å². The average molecular weight is 533 g/mol. The van der Waals surface area contributed by atoms with Gasteiger partial charge in [-0.25, -0.2) is 9.67 Å². The van der Waals surface area contributed by atoms with E-state index in [0.29, 0.717) is 17.7 Å². The zero-order valence-electron chi connectivity index (χ0n) is 22.9. The second-order valence-electron chi connectivity index (χ2n) is 9.03. The number of nitrogens with one attached hydrogen (secondary N) is 1. The predicted octanol–water partition coefficient (Wildman–Crippen LogP) is 6.32. The van der Waals surface area contributed by atoms with E-state index in [-0.39, 0.29) is 17.9 Å². The number of aryl methyl sites for hydroxylation is 1. The molecule has 0 saturated carbocycles. The summed E-state index contributed by atoms with van der Waals surface area (Å²) in [5, 5.41) is 8.58. The second-order valence-corrected chi connectivity index (χ2v) is 10.1. The Bertz CT molecular complexity index is 1330. The van der Waals surface area contributed by atoms with Crippen LogP contribution in [-0.4, -0.2) is 39.5 Å². The van der Waals surface area contributed by atoms with Crippen molar-refractivity contribution in [2.24, 2.45) is 0 Å². The molecule has 3 aromatic rings. The maximum atomic E-state index is 13.5. The second kappa shape index (κ2) is 13.8. The first-order chi connectivity index (χ1) is 18.3. The zero-order chi connectivity index (χ0) is 27.7. The molecule has 0 aliphatic carbocycles. The van der Waals surface area contributed by atoms with Crippen LogP contribution in [-0.2, 0) is 14.3 Å². The lowest BCUT2D eigenvalue weighted by molar-refractivity contribution is -0.140. The molecule has 1 unspecified atom stereocenters. The fourth-order valence-corrected chi connectivity index (χ4v) is 4.64. The molecule has 1 aromatic carbocycles. The monoisotopic (exact) mass is 532 g/mol. The highest BCUT2D eigenvalue weighted by molar-refractivity contribution is 7.99. The number of nitrogens with zero attached hydrogens (tertiary/aromatic N) is 3.